The average Bonchev–Trinajstić information content (AvgIpc) is 2.61. The maximum absolute atomic E-state index is 11.8. The van der Waals surface area contributed by atoms with E-state index in [2.05, 4.69) is 20.9 Å². The smallest absolute Gasteiger partial charge is 0.225 e. The predicted octanol–water partition coefficient (Wildman–Crippen LogP) is 1.79. The van der Waals surface area contributed by atoms with Crippen LogP contribution in [0.4, 0.5) is 0 Å². The van der Waals surface area contributed by atoms with Crippen molar-refractivity contribution in [2.24, 2.45) is 10.4 Å². The van der Waals surface area contributed by atoms with E-state index < -0.39 is 0 Å². The second-order valence-corrected chi connectivity index (χ2v) is 6.72. The Bertz CT molecular complexity index is 565. The number of nitrogens with one attached hydrogen (secondary N) is 3. The van der Waals surface area contributed by atoms with Crippen molar-refractivity contribution in [1.82, 2.24) is 16.0 Å². The lowest BCUT2D eigenvalue weighted by Gasteiger charge is -2.17. The monoisotopic (exact) mass is 364 g/mol. The largest absolute Gasteiger partial charge is 0.497 e. The fraction of sp³-hybridized carbons (Fsp3) is 0.579. The van der Waals surface area contributed by atoms with Crippen LogP contribution in [0.25, 0.3) is 0 Å². The topological polar surface area (TPSA) is 84.0 Å². The molecule has 146 valence electrons. The lowest BCUT2D eigenvalue weighted by Crippen LogP contribution is -2.40. The molecule has 1 rings (SSSR count). The van der Waals surface area contributed by atoms with Gasteiger partial charge in [-0.1, -0.05) is 20.8 Å². The molecule has 3 N–H and O–H groups in total. The molecule has 7 heteroatoms. The first-order chi connectivity index (χ1) is 12.4. The normalized spacial score (nSPS) is 11.7. The van der Waals surface area contributed by atoms with E-state index in [-0.39, 0.29) is 11.3 Å². The zero-order valence-electron chi connectivity index (χ0n) is 16.5. The van der Waals surface area contributed by atoms with E-state index in [9.17, 15) is 4.79 Å². The molecule has 7 nitrogen and oxygen atoms in total. The Kier molecular flexibility index (Phi) is 9.33. The third kappa shape index (κ3) is 8.60. The molecule has 0 fully saturated rings. The van der Waals surface area contributed by atoms with Crippen LogP contribution in [0, 0.1) is 5.41 Å². The average molecular weight is 364 g/mol. The molecule has 0 unspecified atom stereocenters. The first-order valence-corrected chi connectivity index (χ1v) is 8.94. The van der Waals surface area contributed by atoms with Crippen LogP contribution in [0.1, 0.15) is 27.7 Å². The summed E-state index contributed by atoms with van der Waals surface area (Å²) in [5, 5.41) is 9.26. The number of rotatable bonds is 9. The van der Waals surface area contributed by atoms with Gasteiger partial charge in [0.25, 0.3) is 0 Å². The lowest BCUT2D eigenvalue weighted by atomic mass is 9.96. The SMILES string of the molecule is CCNC(=NCCNC(=O)C(C)(C)C)NCCOc1ccc(OC)cc1. The van der Waals surface area contributed by atoms with E-state index in [1.54, 1.807) is 7.11 Å². The highest BCUT2D eigenvalue weighted by atomic mass is 16.5. The van der Waals surface area contributed by atoms with Crippen LogP contribution in [-0.2, 0) is 4.79 Å². The quantitative estimate of drug-likeness (QED) is 0.353. The summed E-state index contributed by atoms with van der Waals surface area (Å²) in [5.41, 5.74) is -0.384. The summed E-state index contributed by atoms with van der Waals surface area (Å²) < 4.78 is 10.8. The van der Waals surface area contributed by atoms with E-state index in [1.165, 1.54) is 0 Å². The van der Waals surface area contributed by atoms with E-state index >= 15 is 0 Å². The van der Waals surface area contributed by atoms with Gasteiger partial charge in [0.05, 0.1) is 20.2 Å². The van der Waals surface area contributed by atoms with Crippen molar-refractivity contribution >= 4 is 11.9 Å². The van der Waals surface area contributed by atoms with Crippen molar-refractivity contribution in [3.63, 3.8) is 0 Å². The maximum Gasteiger partial charge on any atom is 0.225 e. The van der Waals surface area contributed by atoms with E-state index in [0.717, 1.165) is 18.0 Å². The molecule has 0 heterocycles. The van der Waals surface area contributed by atoms with Crippen LogP contribution in [0.2, 0.25) is 0 Å². The molecule has 0 aliphatic carbocycles. The summed E-state index contributed by atoms with van der Waals surface area (Å²) >= 11 is 0. The Hall–Kier alpha value is -2.44. The second-order valence-electron chi connectivity index (χ2n) is 6.72. The standard InChI is InChI=1S/C19H32N4O3/c1-6-20-18(22-12-11-21-17(24)19(2,3)4)23-13-14-26-16-9-7-15(25-5)8-10-16/h7-10H,6,11-14H2,1-5H3,(H,21,24)(H2,20,22,23). The Morgan fingerprint density at radius 1 is 1.04 bits per heavy atom. The van der Waals surface area contributed by atoms with Crippen molar-refractivity contribution in [3.05, 3.63) is 24.3 Å². The Balaban J connectivity index is 2.31. The number of benzene rings is 1. The molecule has 1 aromatic rings. The van der Waals surface area contributed by atoms with Gasteiger partial charge in [0.2, 0.25) is 5.91 Å². The van der Waals surface area contributed by atoms with Gasteiger partial charge in [-0.25, -0.2) is 0 Å². The number of amides is 1. The number of aliphatic imine (C=N–C) groups is 1. The van der Waals surface area contributed by atoms with Gasteiger partial charge < -0.3 is 25.4 Å². The number of hydrogen-bond acceptors (Lipinski definition) is 4. The van der Waals surface area contributed by atoms with Crippen LogP contribution in [0.5, 0.6) is 11.5 Å². The minimum atomic E-state index is -0.384. The Morgan fingerprint density at radius 3 is 2.27 bits per heavy atom. The van der Waals surface area contributed by atoms with Crippen LogP contribution >= 0.6 is 0 Å². The Morgan fingerprint density at radius 2 is 1.69 bits per heavy atom. The summed E-state index contributed by atoms with van der Waals surface area (Å²) in [6, 6.07) is 7.46. The molecule has 0 aliphatic rings. The molecular weight excluding hydrogens is 332 g/mol. The van der Waals surface area contributed by atoms with E-state index in [1.807, 2.05) is 52.0 Å². The molecule has 0 radical (unpaired) electrons. The number of carbonyl (C=O) groups is 1. The maximum atomic E-state index is 11.8. The first-order valence-electron chi connectivity index (χ1n) is 8.94. The van der Waals surface area contributed by atoms with Crippen LogP contribution in [0.15, 0.2) is 29.3 Å². The highest BCUT2D eigenvalue weighted by Gasteiger charge is 2.20. The molecule has 0 atom stereocenters. The van der Waals surface area contributed by atoms with Crippen molar-refractivity contribution in [2.45, 2.75) is 27.7 Å². The van der Waals surface area contributed by atoms with Gasteiger partial charge in [-0.2, -0.15) is 0 Å². The molecule has 1 aromatic carbocycles. The molecule has 0 aliphatic heterocycles. The van der Waals surface area contributed by atoms with Gasteiger partial charge in [-0.15, -0.1) is 0 Å². The van der Waals surface area contributed by atoms with Crippen LogP contribution in [-0.4, -0.2) is 51.8 Å². The number of hydrogen-bond donors (Lipinski definition) is 3. The van der Waals surface area contributed by atoms with Gasteiger partial charge in [-0.05, 0) is 31.2 Å². The van der Waals surface area contributed by atoms with Crippen molar-refractivity contribution < 1.29 is 14.3 Å². The minimum Gasteiger partial charge on any atom is -0.497 e. The predicted molar refractivity (Wildman–Crippen MR) is 105 cm³/mol. The minimum absolute atomic E-state index is 0.0264. The number of carbonyl (C=O) groups excluding carboxylic acids is 1. The highest BCUT2D eigenvalue weighted by Crippen LogP contribution is 2.16. The first kappa shape index (κ1) is 21.6. The second kappa shape index (κ2) is 11.2. The number of guanidine groups is 1. The van der Waals surface area contributed by atoms with Crippen molar-refractivity contribution in [1.29, 1.82) is 0 Å². The highest BCUT2D eigenvalue weighted by molar-refractivity contribution is 5.81. The molecule has 0 aromatic heterocycles. The van der Waals surface area contributed by atoms with Gasteiger partial charge in [0.1, 0.15) is 18.1 Å². The third-order valence-electron chi connectivity index (χ3n) is 3.42. The van der Waals surface area contributed by atoms with E-state index in [4.69, 9.17) is 9.47 Å². The molecule has 0 spiro atoms. The van der Waals surface area contributed by atoms with Gasteiger partial charge in [0, 0.05) is 18.5 Å². The summed E-state index contributed by atoms with van der Waals surface area (Å²) in [4.78, 5) is 16.2. The summed E-state index contributed by atoms with van der Waals surface area (Å²) in [5.74, 6) is 2.32. The lowest BCUT2D eigenvalue weighted by molar-refractivity contribution is -0.128. The number of ether oxygens (including phenoxy) is 2. The number of nitrogens with zero attached hydrogens (tertiary/aromatic N) is 1. The zero-order chi connectivity index (χ0) is 19.4. The van der Waals surface area contributed by atoms with Crippen molar-refractivity contribution in [3.8, 4) is 11.5 Å². The van der Waals surface area contributed by atoms with Crippen molar-refractivity contribution in [2.75, 3.05) is 39.9 Å². The summed E-state index contributed by atoms with van der Waals surface area (Å²) in [6.07, 6.45) is 0. The van der Waals surface area contributed by atoms with Gasteiger partial charge in [-0.3, -0.25) is 9.79 Å². The molecular formula is C19H32N4O3. The molecule has 0 saturated heterocycles. The molecule has 1 amide bonds. The molecule has 26 heavy (non-hydrogen) atoms. The van der Waals surface area contributed by atoms with Crippen LogP contribution in [0.3, 0.4) is 0 Å². The van der Waals surface area contributed by atoms with E-state index in [0.29, 0.717) is 32.2 Å². The van der Waals surface area contributed by atoms with Crippen LogP contribution < -0.4 is 25.4 Å². The Labute approximate surface area is 156 Å². The zero-order valence-corrected chi connectivity index (χ0v) is 16.5. The fourth-order valence-electron chi connectivity index (χ4n) is 1.95. The third-order valence-corrected chi connectivity index (χ3v) is 3.42. The number of methoxy groups -OCH3 is 1. The summed E-state index contributed by atoms with van der Waals surface area (Å²) in [6.45, 7) is 10.6. The van der Waals surface area contributed by atoms with Gasteiger partial charge in [0.15, 0.2) is 5.96 Å². The van der Waals surface area contributed by atoms with Gasteiger partial charge >= 0.3 is 0 Å². The fourth-order valence-corrected chi connectivity index (χ4v) is 1.95. The summed E-state index contributed by atoms with van der Waals surface area (Å²) in [7, 11) is 1.63. The molecule has 0 saturated carbocycles. The molecule has 0 bridgehead atoms.